The molecule has 6 heteroatoms. The van der Waals surface area contributed by atoms with Crippen LogP contribution in [-0.2, 0) is 0 Å². The fraction of sp³-hybridized carbons (Fsp3) is 0.545. The molecular weight excluding hydrogens is 279 g/mol. The number of nitrogens with zero attached hydrogens (tertiary/aromatic N) is 1. The molecule has 0 aliphatic carbocycles. The van der Waals surface area contributed by atoms with Crippen LogP contribution in [0.1, 0.15) is 23.0 Å². The highest BCUT2D eigenvalue weighted by molar-refractivity contribution is 7.17. The minimum Gasteiger partial charge on any atom is -0.338 e. The summed E-state index contributed by atoms with van der Waals surface area (Å²) < 4.78 is 0.659. The first-order valence-electron chi connectivity index (χ1n) is 5.38. The molecule has 0 aromatic carbocycles. The number of thiophene rings is 1. The summed E-state index contributed by atoms with van der Waals surface area (Å²) in [6, 6.07) is 3.71. The van der Waals surface area contributed by atoms with Gasteiger partial charge in [-0.15, -0.1) is 23.7 Å². The average molecular weight is 295 g/mol. The van der Waals surface area contributed by atoms with Crippen LogP contribution in [0.4, 0.5) is 0 Å². The Kier molecular flexibility index (Phi) is 5.25. The van der Waals surface area contributed by atoms with Gasteiger partial charge in [-0.05, 0) is 31.4 Å². The zero-order chi connectivity index (χ0) is 11.7. The summed E-state index contributed by atoms with van der Waals surface area (Å²) in [6.07, 6.45) is 1.00. The van der Waals surface area contributed by atoms with Crippen LogP contribution in [0, 0.1) is 5.92 Å². The standard InChI is InChI=1S/C11H15ClN2OS.ClH/c1-7(13)8-4-5-14(6-8)11(15)9-2-3-10(12)16-9;/h2-3,7-8H,4-6,13H2,1H3;1H. The molecule has 3 nitrogen and oxygen atoms in total. The normalized spacial score (nSPS) is 21.1. The number of carbonyl (C=O) groups is 1. The first kappa shape index (κ1) is 14.8. The van der Waals surface area contributed by atoms with E-state index in [1.54, 1.807) is 12.1 Å². The number of amides is 1. The molecule has 0 radical (unpaired) electrons. The maximum Gasteiger partial charge on any atom is 0.263 e. The van der Waals surface area contributed by atoms with Crippen molar-refractivity contribution >= 4 is 41.3 Å². The maximum absolute atomic E-state index is 12.1. The van der Waals surface area contributed by atoms with Gasteiger partial charge in [0.15, 0.2) is 0 Å². The topological polar surface area (TPSA) is 46.3 Å². The number of likely N-dealkylation sites (tertiary alicyclic amines) is 1. The van der Waals surface area contributed by atoms with E-state index in [0.29, 0.717) is 10.3 Å². The first-order chi connectivity index (χ1) is 7.58. The summed E-state index contributed by atoms with van der Waals surface area (Å²) in [5.74, 6) is 0.513. The molecule has 0 saturated carbocycles. The molecule has 2 heterocycles. The first-order valence-corrected chi connectivity index (χ1v) is 6.57. The Balaban J connectivity index is 0.00000144. The third kappa shape index (κ3) is 3.35. The van der Waals surface area contributed by atoms with Crippen molar-refractivity contribution in [3.8, 4) is 0 Å². The van der Waals surface area contributed by atoms with Gasteiger partial charge < -0.3 is 10.6 Å². The monoisotopic (exact) mass is 294 g/mol. The van der Waals surface area contributed by atoms with Crippen LogP contribution >= 0.6 is 35.3 Å². The Morgan fingerprint density at radius 3 is 2.82 bits per heavy atom. The van der Waals surface area contributed by atoms with Gasteiger partial charge >= 0.3 is 0 Å². The van der Waals surface area contributed by atoms with E-state index in [4.69, 9.17) is 17.3 Å². The van der Waals surface area contributed by atoms with Crippen LogP contribution in [0.3, 0.4) is 0 Å². The third-order valence-electron chi connectivity index (χ3n) is 3.04. The van der Waals surface area contributed by atoms with Gasteiger partial charge in [-0.3, -0.25) is 4.79 Å². The van der Waals surface area contributed by atoms with Gasteiger partial charge in [-0.25, -0.2) is 0 Å². The van der Waals surface area contributed by atoms with E-state index in [2.05, 4.69) is 0 Å². The van der Waals surface area contributed by atoms with Crippen molar-refractivity contribution < 1.29 is 4.79 Å². The van der Waals surface area contributed by atoms with Crippen molar-refractivity contribution in [1.29, 1.82) is 0 Å². The van der Waals surface area contributed by atoms with Crippen LogP contribution in [0.15, 0.2) is 12.1 Å². The molecule has 2 N–H and O–H groups in total. The number of rotatable bonds is 2. The van der Waals surface area contributed by atoms with Crippen LogP contribution in [0.2, 0.25) is 4.34 Å². The summed E-state index contributed by atoms with van der Waals surface area (Å²) >= 11 is 7.15. The molecule has 17 heavy (non-hydrogen) atoms. The van der Waals surface area contributed by atoms with Crippen molar-refractivity contribution in [2.75, 3.05) is 13.1 Å². The largest absolute Gasteiger partial charge is 0.338 e. The number of hydrogen-bond donors (Lipinski definition) is 1. The lowest BCUT2D eigenvalue weighted by atomic mass is 10.0. The second kappa shape index (κ2) is 6.05. The van der Waals surface area contributed by atoms with Gasteiger partial charge in [0.05, 0.1) is 9.21 Å². The van der Waals surface area contributed by atoms with E-state index < -0.39 is 0 Å². The summed E-state index contributed by atoms with van der Waals surface area (Å²) in [5.41, 5.74) is 5.85. The van der Waals surface area contributed by atoms with Crippen LogP contribution in [0.25, 0.3) is 0 Å². The Bertz CT molecular complexity index is 395. The Labute approximate surface area is 116 Å². The fourth-order valence-corrected chi connectivity index (χ4v) is 3.00. The van der Waals surface area contributed by atoms with E-state index in [1.165, 1.54) is 11.3 Å². The minimum absolute atomic E-state index is 0. The zero-order valence-corrected chi connectivity index (χ0v) is 11.9. The van der Waals surface area contributed by atoms with E-state index in [1.807, 2.05) is 11.8 Å². The van der Waals surface area contributed by atoms with Crippen LogP contribution in [0.5, 0.6) is 0 Å². The molecule has 1 amide bonds. The van der Waals surface area contributed by atoms with Gasteiger partial charge in [0.1, 0.15) is 0 Å². The van der Waals surface area contributed by atoms with Crippen molar-refractivity contribution in [3.05, 3.63) is 21.3 Å². The highest BCUT2D eigenvalue weighted by Gasteiger charge is 2.29. The smallest absolute Gasteiger partial charge is 0.263 e. The molecule has 1 aromatic rings. The number of hydrogen-bond acceptors (Lipinski definition) is 3. The van der Waals surface area contributed by atoms with E-state index in [-0.39, 0.29) is 24.4 Å². The lowest BCUT2D eigenvalue weighted by Crippen LogP contribution is -2.32. The van der Waals surface area contributed by atoms with Crippen molar-refractivity contribution in [1.82, 2.24) is 4.90 Å². The molecule has 2 rings (SSSR count). The predicted octanol–water partition coefficient (Wildman–Crippen LogP) is 2.63. The van der Waals surface area contributed by atoms with Gasteiger partial charge in [-0.1, -0.05) is 11.6 Å². The Hall–Kier alpha value is -0.290. The van der Waals surface area contributed by atoms with Crippen molar-refractivity contribution in [2.24, 2.45) is 11.7 Å². The predicted molar refractivity (Wildman–Crippen MR) is 74.2 cm³/mol. The second-order valence-corrected chi connectivity index (χ2v) is 5.98. The molecule has 0 bridgehead atoms. The van der Waals surface area contributed by atoms with E-state index >= 15 is 0 Å². The SMILES string of the molecule is CC(N)C1CCN(C(=O)c2ccc(Cl)s2)C1.Cl. The van der Waals surface area contributed by atoms with Gasteiger partial charge in [0.25, 0.3) is 5.91 Å². The third-order valence-corrected chi connectivity index (χ3v) is 4.26. The lowest BCUT2D eigenvalue weighted by molar-refractivity contribution is 0.0791. The van der Waals surface area contributed by atoms with Crippen molar-refractivity contribution in [3.63, 3.8) is 0 Å². The summed E-state index contributed by atoms with van der Waals surface area (Å²) in [4.78, 5) is 14.7. The number of halogens is 2. The number of nitrogens with two attached hydrogens (primary N) is 1. The maximum atomic E-state index is 12.1. The lowest BCUT2D eigenvalue weighted by Gasteiger charge is -2.17. The van der Waals surface area contributed by atoms with Gasteiger partial charge in [0.2, 0.25) is 0 Å². The molecule has 0 spiro atoms. The Morgan fingerprint density at radius 2 is 2.35 bits per heavy atom. The molecule has 1 aliphatic heterocycles. The highest BCUT2D eigenvalue weighted by Crippen LogP contribution is 2.26. The quantitative estimate of drug-likeness (QED) is 0.911. The second-order valence-electron chi connectivity index (χ2n) is 4.26. The molecule has 1 saturated heterocycles. The van der Waals surface area contributed by atoms with Gasteiger partial charge in [0, 0.05) is 19.1 Å². The molecule has 96 valence electrons. The van der Waals surface area contributed by atoms with E-state index in [0.717, 1.165) is 24.4 Å². The minimum atomic E-state index is 0. The van der Waals surface area contributed by atoms with Crippen LogP contribution < -0.4 is 5.73 Å². The molecular formula is C11H16Cl2N2OS. The number of carbonyl (C=O) groups excluding carboxylic acids is 1. The molecule has 2 unspecified atom stereocenters. The fourth-order valence-electron chi connectivity index (χ4n) is 1.99. The summed E-state index contributed by atoms with van der Waals surface area (Å²) in [6.45, 7) is 3.58. The van der Waals surface area contributed by atoms with Gasteiger partial charge in [-0.2, -0.15) is 0 Å². The molecule has 1 fully saturated rings. The average Bonchev–Trinajstić information content (AvgIpc) is 2.84. The van der Waals surface area contributed by atoms with Crippen LogP contribution in [-0.4, -0.2) is 29.9 Å². The zero-order valence-electron chi connectivity index (χ0n) is 9.56. The Morgan fingerprint density at radius 1 is 1.65 bits per heavy atom. The molecule has 1 aliphatic rings. The summed E-state index contributed by atoms with van der Waals surface area (Å²) in [5, 5.41) is 0. The highest BCUT2D eigenvalue weighted by atomic mass is 35.5. The molecule has 2 atom stereocenters. The van der Waals surface area contributed by atoms with E-state index in [9.17, 15) is 4.79 Å². The summed E-state index contributed by atoms with van der Waals surface area (Å²) in [7, 11) is 0. The molecule has 1 aromatic heterocycles. The van der Waals surface area contributed by atoms with Crippen molar-refractivity contribution in [2.45, 2.75) is 19.4 Å².